The van der Waals surface area contributed by atoms with Crippen molar-refractivity contribution in [3.63, 3.8) is 0 Å². The first-order valence-corrected chi connectivity index (χ1v) is 6.40. The second-order valence-electron chi connectivity index (χ2n) is 4.70. The molecule has 2 saturated heterocycles. The minimum Gasteiger partial charge on any atom is -0.479 e. The van der Waals surface area contributed by atoms with E-state index in [0.29, 0.717) is 32.6 Å². The monoisotopic (exact) mass is 257 g/mol. The summed E-state index contributed by atoms with van der Waals surface area (Å²) in [5.74, 6) is -1.08. The van der Waals surface area contributed by atoms with Crippen molar-refractivity contribution in [1.29, 1.82) is 0 Å². The lowest BCUT2D eigenvalue weighted by molar-refractivity contribution is -0.158. The summed E-state index contributed by atoms with van der Waals surface area (Å²) in [6, 6.07) is 0.0822. The molecule has 18 heavy (non-hydrogen) atoms. The van der Waals surface area contributed by atoms with Gasteiger partial charge in [0, 0.05) is 6.54 Å². The number of carboxylic acid groups (broad SMARTS) is 1. The number of nitrogens with zero attached hydrogens (tertiary/aromatic N) is 1. The Hall–Kier alpha value is -1.14. The number of carbonyl (C=O) groups excluding carboxylic acids is 1. The molecule has 0 aromatic heterocycles. The maximum atomic E-state index is 12.3. The first kappa shape index (κ1) is 13.3. The van der Waals surface area contributed by atoms with Crippen molar-refractivity contribution >= 4 is 11.9 Å². The number of hydrogen-bond donors (Lipinski definition) is 1. The van der Waals surface area contributed by atoms with Crippen LogP contribution in [0.15, 0.2) is 0 Å². The molecule has 0 aromatic carbocycles. The van der Waals surface area contributed by atoms with Crippen LogP contribution in [-0.2, 0) is 19.1 Å². The van der Waals surface area contributed by atoms with E-state index in [-0.39, 0.29) is 11.9 Å². The van der Waals surface area contributed by atoms with Gasteiger partial charge in [0.15, 0.2) is 6.10 Å². The van der Waals surface area contributed by atoms with Crippen molar-refractivity contribution in [2.45, 2.75) is 44.4 Å². The Labute approximate surface area is 106 Å². The molecule has 2 heterocycles. The van der Waals surface area contributed by atoms with Gasteiger partial charge in [0.05, 0.1) is 19.3 Å². The van der Waals surface area contributed by atoms with Gasteiger partial charge in [-0.25, -0.2) is 4.79 Å². The van der Waals surface area contributed by atoms with Gasteiger partial charge in [0.2, 0.25) is 0 Å². The fraction of sp³-hybridized carbons (Fsp3) is 0.833. The fourth-order valence-corrected chi connectivity index (χ4v) is 2.47. The highest BCUT2D eigenvalue weighted by Gasteiger charge is 2.38. The van der Waals surface area contributed by atoms with Crippen LogP contribution in [0.3, 0.4) is 0 Å². The third kappa shape index (κ3) is 2.64. The highest BCUT2D eigenvalue weighted by Crippen LogP contribution is 2.23. The Kier molecular flexibility index (Phi) is 4.19. The number of carboxylic acids is 1. The fourth-order valence-electron chi connectivity index (χ4n) is 2.47. The van der Waals surface area contributed by atoms with Crippen LogP contribution < -0.4 is 0 Å². The van der Waals surface area contributed by atoms with Crippen molar-refractivity contribution in [2.24, 2.45) is 0 Å². The van der Waals surface area contributed by atoms with E-state index < -0.39 is 18.2 Å². The van der Waals surface area contributed by atoms with Crippen LogP contribution in [0.25, 0.3) is 0 Å². The zero-order valence-electron chi connectivity index (χ0n) is 10.5. The van der Waals surface area contributed by atoms with E-state index >= 15 is 0 Å². The molecule has 0 spiro atoms. The predicted octanol–water partition coefficient (Wildman–Crippen LogP) is 0.256. The lowest BCUT2D eigenvalue weighted by Gasteiger charge is -2.36. The highest BCUT2D eigenvalue weighted by atomic mass is 16.5. The summed E-state index contributed by atoms with van der Waals surface area (Å²) in [5, 5.41) is 8.85. The molecular formula is C12H19NO5. The van der Waals surface area contributed by atoms with Gasteiger partial charge >= 0.3 is 5.97 Å². The average molecular weight is 257 g/mol. The molecule has 2 aliphatic heterocycles. The number of aliphatic carboxylic acids is 1. The van der Waals surface area contributed by atoms with Gasteiger partial charge < -0.3 is 19.5 Å². The molecule has 0 radical (unpaired) electrons. The standard InChI is InChI=1S/C12H19NO5/c1-2-8-7-17-6-5-13(8)11(14)9-3-4-10(18-9)12(15)16/h8-10H,2-7H2,1H3,(H,15,16)/t8?,9-,10+/m0/s1. The molecule has 2 fully saturated rings. The van der Waals surface area contributed by atoms with Crippen molar-refractivity contribution in [3.05, 3.63) is 0 Å². The van der Waals surface area contributed by atoms with Crippen LogP contribution >= 0.6 is 0 Å². The Bertz CT molecular complexity index is 332. The van der Waals surface area contributed by atoms with E-state index in [9.17, 15) is 9.59 Å². The number of carbonyl (C=O) groups is 2. The average Bonchev–Trinajstić information content (AvgIpc) is 2.87. The molecule has 1 amide bonds. The molecule has 0 aliphatic carbocycles. The summed E-state index contributed by atoms with van der Waals surface area (Å²) < 4.78 is 10.6. The summed E-state index contributed by atoms with van der Waals surface area (Å²) in [7, 11) is 0. The second kappa shape index (κ2) is 5.67. The third-order valence-corrected chi connectivity index (χ3v) is 3.55. The highest BCUT2D eigenvalue weighted by molar-refractivity contribution is 5.83. The Morgan fingerprint density at radius 1 is 1.33 bits per heavy atom. The minimum absolute atomic E-state index is 0.0822. The van der Waals surface area contributed by atoms with E-state index in [1.807, 2.05) is 6.92 Å². The molecule has 0 saturated carbocycles. The van der Waals surface area contributed by atoms with Crippen molar-refractivity contribution in [3.8, 4) is 0 Å². The van der Waals surface area contributed by atoms with Crippen molar-refractivity contribution < 1.29 is 24.2 Å². The number of hydrogen-bond acceptors (Lipinski definition) is 4. The van der Waals surface area contributed by atoms with E-state index in [4.69, 9.17) is 14.6 Å². The molecule has 6 nitrogen and oxygen atoms in total. The molecule has 1 unspecified atom stereocenters. The van der Waals surface area contributed by atoms with Gasteiger partial charge in [-0.15, -0.1) is 0 Å². The third-order valence-electron chi connectivity index (χ3n) is 3.55. The SMILES string of the molecule is CCC1COCCN1C(=O)[C@@H]1CC[C@H](C(=O)O)O1. The predicted molar refractivity (Wildman–Crippen MR) is 62.1 cm³/mol. The van der Waals surface area contributed by atoms with Gasteiger partial charge in [0.25, 0.3) is 5.91 Å². The molecule has 0 bridgehead atoms. The van der Waals surface area contributed by atoms with Gasteiger partial charge in [-0.3, -0.25) is 4.79 Å². The van der Waals surface area contributed by atoms with E-state index in [1.54, 1.807) is 4.90 Å². The van der Waals surface area contributed by atoms with Gasteiger partial charge in [0.1, 0.15) is 6.10 Å². The smallest absolute Gasteiger partial charge is 0.332 e. The zero-order chi connectivity index (χ0) is 13.1. The molecule has 102 valence electrons. The second-order valence-corrected chi connectivity index (χ2v) is 4.70. The maximum Gasteiger partial charge on any atom is 0.332 e. The number of amides is 1. The molecule has 6 heteroatoms. The molecule has 3 atom stereocenters. The maximum absolute atomic E-state index is 12.3. The first-order chi connectivity index (χ1) is 8.63. The van der Waals surface area contributed by atoms with E-state index in [0.717, 1.165) is 6.42 Å². The summed E-state index contributed by atoms with van der Waals surface area (Å²) in [6.07, 6.45) is 0.301. The topological polar surface area (TPSA) is 76.1 Å². The summed E-state index contributed by atoms with van der Waals surface area (Å²) in [5.41, 5.74) is 0. The van der Waals surface area contributed by atoms with Gasteiger partial charge in [-0.1, -0.05) is 6.92 Å². The molecule has 2 aliphatic rings. The Balaban J connectivity index is 1.96. The van der Waals surface area contributed by atoms with Crippen LogP contribution in [0.5, 0.6) is 0 Å². The number of morpholine rings is 1. The van der Waals surface area contributed by atoms with Crippen LogP contribution in [0.1, 0.15) is 26.2 Å². The summed E-state index contributed by atoms with van der Waals surface area (Å²) in [4.78, 5) is 24.9. The normalized spacial score (nSPS) is 32.5. The van der Waals surface area contributed by atoms with Crippen molar-refractivity contribution in [2.75, 3.05) is 19.8 Å². The molecule has 1 N–H and O–H groups in total. The zero-order valence-corrected chi connectivity index (χ0v) is 10.5. The summed E-state index contributed by atoms with van der Waals surface area (Å²) >= 11 is 0. The summed E-state index contributed by atoms with van der Waals surface area (Å²) in [6.45, 7) is 3.67. The van der Waals surface area contributed by atoms with Gasteiger partial charge in [-0.05, 0) is 19.3 Å². The van der Waals surface area contributed by atoms with Gasteiger partial charge in [-0.2, -0.15) is 0 Å². The lowest BCUT2D eigenvalue weighted by atomic mass is 10.1. The quantitative estimate of drug-likeness (QED) is 0.784. The molecular weight excluding hydrogens is 238 g/mol. The minimum atomic E-state index is -0.987. The van der Waals surface area contributed by atoms with Crippen molar-refractivity contribution in [1.82, 2.24) is 4.90 Å². The lowest BCUT2D eigenvalue weighted by Crippen LogP contribution is -2.51. The largest absolute Gasteiger partial charge is 0.479 e. The first-order valence-electron chi connectivity index (χ1n) is 6.40. The van der Waals surface area contributed by atoms with E-state index in [2.05, 4.69) is 0 Å². The van der Waals surface area contributed by atoms with Crippen LogP contribution in [0, 0.1) is 0 Å². The number of rotatable bonds is 3. The van der Waals surface area contributed by atoms with Crippen LogP contribution in [-0.4, -0.2) is 59.9 Å². The van der Waals surface area contributed by atoms with Crippen LogP contribution in [0.4, 0.5) is 0 Å². The molecule has 2 rings (SSSR count). The number of ether oxygens (including phenoxy) is 2. The van der Waals surface area contributed by atoms with E-state index in [1.165, 1.54) is 0 Å². The molecule has 0 aromatic rings. The Morgan fingerprint density at radius 3 is 2.67 bits per heavy atom. The Morgan fingerprint density at radius 2 is 2.06 bits per heavy atom. The van der Waals surface area contributed by atoms with Crippen LogP contribution in [0.2, 0.25) is 0 Å².